The molecule has 0 heterocycles. The molecule has 0 aliphatic heterocycles. The smallest absolute Gasteiger partial charge is 0.303 e. The molecule has 18 heavy (non-hydrogen) atoms. The Bertz CT molecular complexity index is 291. The Morgan fingerprint density at radius 1 is 1.33 bits per heavy atom. The highest BCUT2D eigenvalue weighted by Gasteiger charge is 2.22. The van der Waals surface area contributed by atoms with Gasteiger partial charge in [-0.3, -0.25) is 9.59 Å². The highest BCUT2D eigenvalue weighted by Crippen LogP contribution is 2.26. The van der Waals surface area contributed by atoms with E-state index in [9.17, 15) is 9.59 Å². The summed E-state index contributed by atoms with van der Waals surface area (Å²) >= 11 is 0. The second kappa shape index (κ2) is 7.39. The van der Waals surface area contributed by atoms with Crippen molar-refractivity contribution >= 4 is 11.9 Å². The van der Waals surface area contributed by atoms with Crippen LogP contribution in [0.4, 0.5) is 0 Å². The number of carboxylic acids is 1. The molecule has 2 N–H and O–H groups in total. The predicted octanol–water partition coefficient (Wildman–Crippen LogP) is 2.57. The monoisotopic (exact) mass is 255 g/mol. The van der Waals surface area contributed by atoms with Gasteiger partial charge in [-0.15, -0.1) is 0 Å². The Balaban J connectivity index is 2.28. The minimum absolute atomic E-state index is 0.00510. The van der Waals surface area contributed by atoms with Crippen molar-refractivity contribution < 1.29 is 14.7 Å². The number of hydrogen-bond acceptors (Lipinski definition) is 2. The summed E-state index contributed by atoms with van der Waals surface area (Å²) in [6.07, 6.45) is 6.18. The molecule has 1 saturated carbocycles. The molecule has 0 bridgehead atoms. The zero-order chi connectivity index (χ0) is 13.5. The van der Waals surface area contributed by atoms with Gasteiger partial charge in [-0.2, -0.15) is 0 Å². The van der Waals surface area contributed by atoms with Crippen LogP contribution in [0.5, 0.6) is 0 Å². The molecule has 3 unspecified atom stereocenters. The summed E-state index contributed by atoms with van der Waals surface area (Å²) in [5.74, 6) is -0.182. The largest absolute Gasteiger partial charge is 0.481 e. The fraction of sp³-hybridized carbons (Fsp3) is 0.857. The van der Waals surface area contributed by atoms with Crippen LogP contribution in [0.2, 0.25) is 0 Å². The van der Waals surface area contributed by atoms with Crippen LogP contribution in [0.25, 0.3) is 0 Å². The Labute approximate surface area is 109 Å². The van der Waals surface area contributed by atoms with Crippen molar-refractivity contribution in [3.8, 4) is 0 Å². The van der Waals surface area contributed by atoms with Crippen molar-refractivity contribution in [2.75, 3.05) is 0 Å². The van der Waals surface area contributed by atoms with Gasteiger partial charge in [-0.25, -0.2) is 0 Å². The van der Waals surface area contributed by atoms with E-state index in [1.54, 1.807) is 0 Å². The molecule has 0 aromatic heterocycles. The number of carbonyl (C=O) groups excluding carboxylic acids is 1. The lowest BCUT2D eigenvalue weighted by molar-refractivity contribution is -0.138. The first-order valence-corrected chi connectivity index (χ1v) is 7.02. The maximum atomic E-state index is 11.8. The summed E-state index contributed by atoms with van der Waals surface area (Å²) in [6, 6.07) is 0.299. The molecule has 104 valence electrons. The lowest BCUT2D eigenvalue weighted by atomic mass is 9.84. The second-order valence-corrected chi connectivity index (χ2v) is 5.61. The van der Waals surface area contributed by atoms with Gasteiger partial charge in [0.05, 0.1) is 0 Å². The van der Waals surface area contributed by atoms with Crippen LogP contribution in [0.3, 0.4) is 0 Å². The van der Waals surface area contributed by atoms with E-state index in [1.165, 1.54) is 19.3 Å². The summed E-state index contributed by atoms with van der Waals surface area (Å²) in [4.78, 5) is 22.3. The fourth-order valence-electron chi connectivity index (χ4n) is 2.77. The number of carbonyl (C=O) groups is 2. The third-order valence-electron chi connectivity index (χ3n) is 3.78. The SMILES string of the molecule is CCC1CCCC(NC(=O)CC(C)CC(=O)O)C1. The van der Waals surface area contributed by atoms with E-state index in [4.69, 9.17) is 5.11 Å². The minimum Gasteiger partial charge on any atom is -0.481 e. The molecule has 0 saturated heterocycles. The summed E-state index contributed by atoms with van der Waals surface area (Å²) in [6.45, 7) is 4.01. The summed E-state index contributed by atoms with van der Waals surface area (Å²) in [7, 11) is 0. The maximum Gasteiger partial charge on any atom is 0.303 e. The standard InChI is InChI=1S/C14H25NO3/c1-3-11-5-4-6-12(9-11)15-13(16)7-10(2)8-14(17)18/h10-12H,3-9H2,1-2H3,(H,15,16)(H,17,18). The average Bonchev–Trinajstić information content (AvgIpc) is 2.27. The zero-order valence-electron chi connectivity index (χ0n) is 11.4. The van der Waals surface area contributed by atoms with Crippen LogP contribution in [0.1, 0.15) is 58.8 Å². The quantitative estimate of drug-likeness (QED) is 0.766. The second-order valence-electron chi connectivity index (χ2n) is 5.61. The molecule has 0 aromatic carbocycles. The zero-order valence-corrected chi connectivity index (χ0v) is 11.4. The van der Waals surface area contributed by atoms with E-state index in [1.807, 2.05) is 6.92 Å². The number of rotatable bonds is 6. The number of nitrogens with one attached hydrogen (secondary N) is 1. The van der Waals surface area contributed by atoms with Crippen molar-refractivity contribution in [3.63, 3.8) is 0 Å². The molecular weight excluding hydrogens is 230 g/mol. The van der Waals surface area contributed by atoms with Crippen LogP contribution in [0.15, 0.2) is 0 Å². The van der Waals surface area contributed by atoms with E-state index in [0.717, 1.165) is 18.8 Å². The Kier molecular flexibility index (Phi) is 6.16. The molecule has 1 amide bonds. The molecule has 1 rings (SSSR count). The normalized spacial score (nSPS) is 25.4. The maximum absolute atomic E-state index is 11.8. The van der Waals surface area contributed by atoms with E-state index in [2.05, 4.69) is 12.2 Å². The molecule has 4 heteroatoms. The van der Waals surface area contributed by atoms with Gasteiger partial charge in [0.15, 0.2) is 0 Å². The molecule has 0 aromatic rings. The van der Waals surface area contributed by atoms with Gasteiger partial charge in [-0.05, 0) is 24.7 Å². The Morgan fingerprint density at radius 3 is 2.67 bits per heavy atom. The first-order valence-electron chi connectivity index (χ1n) is 7.02. The van der Waals surface area contributed by atoms with Crippen molar-refractivity contribution in [2.45, 2.75) is 64.8 Å². The van der Waals surface area contributed by atoms with E-state index < -0.39 is 5.97 Å². The molecule has 4 nitrogen and oxygen atoms in total. The highest BCUT2D eigenvalue weighted by atomic mass is 16.4. The number of aliphatic carboxylic acids is 1. The van der Waals surface area contributed by atoms with E-state index >= 15 is 0 Å². The summed E-state index contributed by atoms with van der Waals surface area (Å²) < 4.78 is 0. The molecule has 1 fully saturated rings. The Hall–Kier alpha value is -1.06. The molecular formula is C14H25NO3. The minimum atomic E-state index is -0.834. The molecule has 1 aliphatic carbocycles. The van der Waals surface area contributed by atoms with Gasteiger partial charge in [0, 0.05) is 18.9 Å². The summed E-state index contributed by atoms with van der Waals surface area (Å²) in [5, 5.41) is 11.7. The number of hydrogen-bond donors (Lipinski definition) is 2. The first-order chi connectivity index (χ1) is 8.51. The summed E-state index contributed by atoms with van der Waals surface area (Å²) in [5.41, 5.74) is 0. The first kappa shape index (κ1) is 15.0. The molecule has 0 spiro atoms. The van der Waals surface area contributed by atoms with Crippen molar-refractivity contribution in [2.24, 2.45) is 11.8 Å². The number of amides is 1. The lowest BCUT2D eigenvalue weighted by Crippen LogP contribution is -2.39. The van der Waals surface area contributed by atoms with Gasteiger partial charge in [-0.1, -0.05) is 33.1 Å². The molecule has 1 aliphatic rings. The van der Waals surface area contributed by atoms with Crippen LogP contribution >= 0.6 is 0 Å². The van der Waals surface area contributed by atoms with E-state index in [-0.39, 0.29) is 18.2 Å². The van der Waals surface area contributed by atoms with Crippen LogP contribution in [0, 0.1) is 11.8 Å². The molecule has 0 radical (unpaired) electrons. The third kappa shape index (κ3) is 5.52. The number of carboxylic acid groups (broad SMARTS) is 1. The van der Waals surface area contributed by atoms with Gasteiger partial charge in [0.2, 0.25) is 5.91 Å². The fourth-order valence-corrected chi connectivity index (χ4v) is 2.77. The van der Waals surface area contributed by atoms with Crippen molar-refractivity contribution in [3.05, 3.63) is 0 Å². The van der Waals surface area contributed by atoms with Gasteiger partial charge >= 0.3 is 5.97 Å². The lowest BCUT2D eigenvalue weighted by Gasteiger charge is -2.29. The van der Waals surface area contributed by atoms with Crippen molar-refractivity contribution in [1.29, 1.82) is 0 Å². The Morgan fingerprint density at radius 2 is 2.06 bits per heavy atom. The topological polar surface area (TPSA) is 66.4 Å². The van der Waals surface area contributed by atoms with Crippen LogP contribution in [-0.4, -0.2) is 23.0 Å². The van der Waals surface area contributed by atoms with Gasteiger partial charge in [0.25, 0.3) is 0 Å². The van der Waals surface area contributed by atoms with Gasteiger partial charge in [0.1, 0.15) is 0 Å². The van der Waals surface area contributed by atoms with Gasteiger partial charge < -0.3 is 10.4 Å². The third-order valence-corrected chi connectivity index (χ3v) is 3.78. The van der Waals surface area contributed by atoms with Crippen LogP contribution in [-0.2, 0) is 9.59 Å². The van der Waals surface area contributed by atoms with Crippen LogP contribution < -0.4 is 5.32 Å². The van der Waals surface area contributed by atoms with E-state index in [0.29, 0.717) is 12.5 Å². The average molecular weight is 255 g/mol. The van der Waals surface area contributed by atoms with Crippen molar-refractivity contribution in [1.82, 2.24) is 5.32 Å². The predicted molar refractivity (Wildman–Crippen MR) is 70.2 cm³/mol. The molecule has 3 atom stereocenters. The highest BCUT2D eigenvalue weighted by molar-refractivity contribution is 5.77.